The van der Waals surface area contributed by atoms with E-state index in [9.17, 15) is 14.0 Å². The number of anilines is 2. The fraction of sp³-hybridized carbons (Fsp3) is 0.143. The second kappa shape index (κ2) is 7.31. The molecule has 1 aromatic carbocycles. The van der Waals surface area contributed by atoms with Crippen LogP contribution in [0.15, 0.2) is 42.9 Å². The van der Waals surface area contributed by atoms with E-state index in [4.69, 9.17) is 11.6 Å². The van der Waals surface area contributed by atoms with Crippen LogP contribution in [0.3, 0.4) is 0 Å². The van der Waals surface area contributed by atoms with E-state index in [0.717, 1.165) is 5.56 Å². The van der Waals surface area contributed by atoms with Gasteiger partial charge in [-0.05, 0) is 24.6 Å². The first-order valence-electron chi connectivity index (χ1n) is 9.89. The van der Waals surface area contributed by atoms with Crippen LogP contribution in [0.2, 0.25) is 0 Å². The number of fused-ring (bicyclic) bond motifs is 2. The molecule has 3 aromatic heterocycles. The molecule has 2 amide bonds. The van der Waals surface area contributed by atoms with Crippen molar-refractivity contribution in [3.05, 3.63) is 65.5 Å². The molecule has 1 aliphatic rings. The van der Waals surface area contributed by atoms with Gasteiger partial charge in [-0.3, -0.25) is 15.0 Å². The molecule has 0 radical (unpaired) electrons. The summed E-state index contributed by atoms with van der Waals surface area (Å²) in [5.74, 6) is 3.79. The Morgan fingerprint density at radius 2 is 2.00 bits per heavy atom. The van der Waals surface area contributed by atoms with Crippen molar-refractivity contribution in [1.29, 1.82) is 0 Å². The molecule has 0 aliphatic carbocycles. The molecule has 0 saturated carbocycles. The number of nitrogens with one attached hydrogen (secondary N) is 2. The number of rotatable bonds is 4. The van der Waals surface area contributed by atoms with Gasteiger partial charge in [-0.2, -0.15) is 0 Å². The smallest absolute Gasteiger partial charge is 0.254 e. The first-order valence-corrected chi connectivity index (χ1v) is 9.89. The molecule has 0 bridgehead atoms. The fourth-order valence-corrected chi connectivity index (χ4v) is 3.90. The number of carbonyl (C=O) groups excluding carboxylic acids is 2. The quantitative estimate of drug-likeness (QED) is 0.153. The molecular weight excluding hydrogens is 429 g/mol. The van der Waals surface area contributed by atoms with Crippen molar-refractivity contribution in [2.24, 2.45) is 5.84 Å². The number of nitrogens with zero attached hydrogens (tertiary/aromatic N) is 5. The Hall–Kier alpha value is -4.45. The predicted octanol–water partition coefficient (Wildman–Crippen LogP) is 0.698. The number of hydrogen-bond acceptors (Lipinski definition) is 8. The lowest BCUT2D eigenvalue weighted by atomic mass is 9.83. The van der Waals surface area contributed by atoms with E-state index in [-0.39, 0.29) is 28.8 Å². The Balaban J connectivity index is 1.62. The van der Waals surface area contributed by atoms with Crippen LogP contribution in [0.5, 0.6) is 0 Å². The zero-order valence-corrected chi connectivity index (χ0v) is 17.3. The minimum absolute atomic E-state index is 0.0490. The van der Waals surface area contributed by atoms with E-state index in [1.54, 1.807) is 35.1 Å². The number of imidazole rings is 1. The number of halogens is 1. The fourth-order valence-electron chi connectivity index (χ4n) is 3.90. The molecule has 0 spiro atoms. The minimum Gasteiger partial charge on any atom is -0.383 e. The third kappa shape index (κ3) is 3.15. The average Bonchev–Trinajstić information content (AvgIpc) is 3.38. The van der Waals surface area contributed by atoms with Crippen molar-refractivity contribution in [3.63, 3.8) is 0 Å². The van der Waals surface area contributed by atoms with Gasteiger partial charge in [-0.15, -0.1) is 0 Å². The first-order chi connectivity index (χ1) is 15.8. The van der Waals surface area contributed by atoms with Crippen LogP contribution in [-0.4, -0.2) is 36.2 Å². The van der Waals surface area contributed by atoms with Crippen molar-refractivity contribution in [1.82, 2.24) is 29.8 Å². The summed E-state index contributed by atoms with van der Waals surface area (Å²) < 4.78 is 15.1. The zero-order valence-electron chi connectivity index (χ0n) is 17.3. The molecule has 166 valence electrons. The highest BCUT2D eigenvalue weighted by atomic mass is 19.1. The van der Waals surface area contributed by atoms with Crippen molar-refractivity contribution >= 4 is 29.1 Å². The highest BCUT2D eigenvalue weighted by Gasteiger charge is 2.52. The molecule has 1 atom stereocenters. The lowest BCUT2D eigenvalue weighted by Crippen LogP contribution is -2.49. The maximum absolute atomic E-state index is 13.3. The maximum Gasteiger partial charge on any atom is 0.254 e. The van der Waals surface area contributed by atoms with Gasteiger partial charge >= 0.3 is 0 Å². The summed E-state index contributed by atoms with van der Waals surface area (Å²) in [6.45, 7) is 1.40. The van der Waals surface area contributed by atoms with Crippen LogP contribution in [0.25, 0.3) is 17.2 Å². The summed E-state index contributed by atoms with van der Waals surface area (Å²) in [6, 6.07) is 6.10. The minimum atomic E-state index is -1.66. The molecule has 1 unspecified atom stereocenters. The number of nitrogens with two attached hydrogens (primary N) is 2. The Morgan fingerprint density at radius 3 is 2.73 bits per heavy atom. The molecule has 4 aromatic rings. The third-order valence-electron chi connectivity index (χ3n) is 5.67. The van der Waals surface area contributed by atoms with Crippen LogP contribution in [0.4, 0.5) is 16.0 Å². The second-order valence-corrected chi connectivity index (χ2v) is 7.74. The van der Waals surface area contributed by atoms with E-state index >= 15 is 0 Å². The summed E-state index contributed by atoms with van der Waals surface area (Å²) in [4.78, 5) is 42.6. The first kappa shape index (κ1) is 20.5. The molecule has 11 nitrogen and oxygen atoms in total. The molecule has 4 heterocycles. The van der Waals surface area contributed by atoms with Gasteiger partial charge in [0.15, 0.2) is 16.9 Å². The maximum atomic E-state index is 13.3. The highest BCUT2D eigenvalue weighted by Crippen LogP contribution is 2.40. The largest absolute Gasteiger partial charge is 0.383 e. The van der Waals surface area contributed by atoms with Crippen molar-refractivity contribution in [2.75, 3.05) is 11.1 Å². The van der Waals surface area contributed by atoms with Gasteiger partial charge in [0.05, 0.1) is 11.3 Å². The number of hydrazine groups is 1. The van der Waals surface area contributed by atoms with E-state index in [1.165, 1.54) is 19.1 Å². The van der Waals surface area contributed by atoms with Crippen molar-refractivity contribution in [3.8, 4) is 11.5 Å². The van der Waals surface area contributed by atoms with Gasteiger partial charge in [-0.1, -0.05) is 12.1 Å². The number of aromatic nitrogens is 5. The van der Waals surface area contributed by atoms with Gasteiger partial charge in [0.1, 0.15) is 23.1 Å². The third-order valence-corrected chi connectivity index (χ3v) is 5.67. The molecular formula is C21H18FN9O2. The van der Waals surface area contributed by atoms with Crippen LogP contribution in [-0.2, 0) is 21.4 Å². The normalized spacial score (nSPS) is 17.1. The molecule has 5 rings (SSSR count). The summed E-state index contributed by atoms with van der Waals surface area (Å²) in [5, 5.41) is 2.58. The standard InChI is InChI=1S/C21H18FN9O2/c1-21(20(33)30-24)14-15(23)27-16(28-17(14)29-19(21)32)13-9-31-7-6-25-18(31)12(26-13)8-10-2-4-11(22)5-3-10/h2-7,9H,8,24H2,1H3,(H,30,33)(H3,23,27,28,29,32). The number of hydrogen-bond donors (Lipinski definition) is 4. The van der Waals surface area contributed by atoms with Gasteiger partial charge in [0.2, 0.25) is 5.91 Å². The summed E-state index contributed by atoms with van der Waals surface area (Å²) in [6.07, 6.45) is 5.44. The summed E-state index contributed by atoms with van der Waals surface area (Å²) >= 11 is 0. The Labute approximate surface area is 186 Å². The van der Waals surface area contributed by atoms with E-state index < -0.39 is 17.2 Å². The van der Waals surface area contributed by atoms with E-state index in [2.05, 4.69) is 25.3 Å². The van der Waals surface area contributed by atoms with Gasteiger partial charge < -0.3 is 15.5 Å². The van der Waals surface area contributed by atoms with Gasteiger partial charge in [-0.25, -0.2) is 30.2 Å². The Morgan fingerprint density at radius 1 is 1.24 bits per heavy atom. The number of benzene rings is 1. The topological polar surface area (TPSA) is 166 Å². The second-order valence-electron chi connectivity index (χ2n) is 7.74. The van der Waals surface area contributed by atoms with Crippen LogP contribution in [0.1, 0.15) is 23.7 Å². The molecule has 12 heteroatoms. The van der Waals surface area contributed by atoms with E-state index in [1.807, 2.05) is 5.43 Å². The monoisotopic (exact) mass is 447 g/mol. The average molecular weight is 447 g/mol. The SMILES string of the molecule is CC1(C(=O)NN)C(=O)Nc2nc(-c3cn4ccnc4c(Cc4ccc(F)cc4)n3)nc(N)c21. The highest BCUT2D eigenvalue weighted by molar-refractivity contribution is 6.20. The molecule has 1 aliphatic heterocycles. The van der Waals surface area contributed by atoms with Crippen LogP contribution >= 0.6 is 0 Å². The lowest BCUT2D eigenvalue weighted by Gasteiger charge is -2.20. The molecule has 6 N–H and O–H groups in total. The van der Waals surface area contributed by atoms with Crippen LogP contribution in [0, 0.1) is 5.82 Å². The van der Waals surface area contributed by atoms with Crippen molar-refractivity contribution < 1.29 is 14.0 Å². The molecule has 0 fully saturated rings. The van der Waals surface area contributed by atoms with Gasteiger partial charge in [0, 0.05) is 25.0 Å². The Kier molecular flexibility index (Phi) is 4.53. The van der Waals surface area contributed by atoms with Crippen LogP contribution < -0.4 is 22.3 Å². The van der Waals surface area contributed by atoms with Crippen molar-refractivity contribution in [2.45, 2.75) is 18.8 Å². The predicted molar refractivity (Wildman–Crippen MR) is 116 cm³/mol. The molecule has 33 heavy (non-hydrogen) atoms. The lowest BCUT2D eigenvalue weighted by molar-refractivity contribution is -0.133. The van der Waals surface area contributed by atoms with E-state index in [0.29, 0.717) is 23.5 Å². The van der Waals surface area contributed by atoms with Gasteiger partial charge in [0.25, 0.3) is 5.91 Å². The Bertz CT molecular complexity index is 1430. The summed E-state index contributed by atoms with van der Waals surface area (Å²) in [7, 11) is 0. The summed E-state index contributed by atoms with van der Waals surface area (Å²) in [5.41, 5.74) is 9.09. The number of carbonyl (C=O) groups is 2. The number of nitrogen functional groups attached to an aromatic ring is 1. The number of amides is 2. The molecule has 0 saturated heterocycles. The zero-order chi connectivity index (χ0) is 23.3.